The molecule has 212 valence electrons. The molecular formula is C26H26ClF5N2O4S. The molecule has 6 nitrogen and oxygen atoms in total. The molecule has 1 amide bonds. The minimum atomic E-state index is -4.70. The standard InChI is InChI=1S/C26H26ClF5N2O4S/c27-21-10-16(26(30,31)32)11-23(24(21)29)38-17-5-7-34(8-6-17)13-15-9-22(28)20(12-19(15)14-1-2-14)25(35)33-39(36,37)18-3-4-18/h9-12,14,17-18H,1-8,13H2,(H,33,35). The SMILES string of the molecule is O=C(NS(=O)(=O)C1CC1)c1cc(C2CC2)c(CN2CCC(Oc3cc(C(F)(F)F)cc(Cl)c3F)CC2)cc1F. The molecule has 2 saturated carbocycles. The summed E-state index contributed by atoms with van der Waals surface area (Å²) >= 11 is 5.64. The molecule has 2 aromatic carbocycles. The van der Waals surface area contributed by atoms with Crippen LogP contribution in [0.4, 0.5) is 22.0 Å². The molecule has 1 heterocycles. The molecule has 0 spiro atoms. The Morgan fingerprint density at radius 2 is 1.69 bits per heavy atom. The number of amides is 1. The molecule has 1 aliphatic heterocycles. The van der Waals surface area contributed by atoms with E-state index in [1.165, 1.54) is 12.1 Å². The highest BCUT2D eigenvalue weighted by Crippen LogP contribution is 2.43. The van der Waals surface area contributed by atoms with Crippen molar-refractivity contribution in [1.82, 2.24) is 9.62 Å². The maximum Gasteiger partial charge on any atom is 0.416 e. The molecule has 1 saturated heterocycles. The summed E-state index contributed by atoms with van der Waals surface area (Å²) in [5.74, 6) is -3.24. The van der Waals surface area contributed by atoms with Crippen LogP contribution in [-0.2, 0) is 22.7 Å². The monoisotopic (exact) mass is 592 g/mol. The van der Waals surface area contributed by atoms with Crippen molar-refractivity contribution in [3.8, 4) is 5.75 Å². The number of nitrogens with one attached hydrogen (secondary N) is 1. The number of likely N-dealkylation sites (tertiary alicyclic amines) is 1. The summed E-state index contributed by atoms with van der Waals surface area (Å²) in [7, 11) is -3.82. The minimum absolute atomic E-state index is 0.154. The lowest BCUT2D eigenvalue weighted by molar-refractivity contribution is -0.137. The largest absolute Gasteiger partial charge is 0.487 e. The molecule has 0 bridgehead atoms. The van der Waals surface area contributed by atoms with Crippen LogP contribution in [-0.4, -0.2) is 43.7 Å². The van der Waals surface area contributed by atoms with Crippen molar-refractivity contribution in [3.63, 3.8) is 0 Å². The van der Waals surface area contributed by atoms with E-state index in [4.69, 9.17) is 16.3 Å². The highest BCUT2D eigenvalue weighted by Gasteiger charge is 2.38. The number of hydrogen-bond donors (Lipinski definition) is 1. The Morgan fingerprint density at radius 1 is 1.03 bits per heavy atom. The summed E-state index contributed by atoms with van der Waals surface area (Å²) in [6, 6.07) is 3.83. The summed E-state index contributed by atoms with van der Waals surface area (Å²) in [4.78, 5) is 14.6. The van der Waals surface area contributed by atoms with Gasteiger partial charge in [0.2, 0.25) is 10.0 Å². The van der Waals surface area contributed by atoms with Gasteiger partial charge in [-0.2, -0.15) is 13.2 Å². The summed E-state index contributed by atoms with van der Waals surface area (Å²) in [5.41, 5.74) is 0.0769. The first-order valence-corrected chi connectivity index (χ1v) is 14.6. The molecule has 3 aliphatic rings. The first-order valence-electron chi connectivity index (χ1n) is 12.7. The maximum atomic E-state index is 15.0. The van der Waals surface area contributed by atoms with Gasteiger partial charge >= 0.3 is 6.18 Å². The van der Waals surface area contributed by atoms with E-state index in [9.17, 15) is 35.2 Å². The summed E-state index contributed by atoms with van der Waals surface area (Å²) in [6.45, 7) is 1.29. The number of piperidine rings is 1. The van der Waals surface area contributed by atoms with Crippen LogP contribution in [0.15, 0.2) is 24.3 Å². The molecule has 13 heteroatoms. The van der Waals surface area contributed by atoms with Crippen molar-refractivity contribution in [2.75, 3.05) is 13.1 Å². The number of benzene rings is 2. The highest BCUT2D eigenvalue weighted by molar-refractivity contribution is 7.91. The first kappa shape index (κ1) is 28.1. The third-order valence-electron chi connectivity index (χ3n) is 7.23. The zero-order chi connectivity index (χ0) is 28.1. The molecule has 3 fully saturated rings. The van der Waals surface area contributed by atoms with Crippen molar-refractivity contribution in [1.29, 1.82) is 0 Å². The number of halogens is 6. The van der Waals surface area contributed by atoms with Gasteiger partial charge in [0.1, 0.15) is 11.9 Å². The quantitative estimate of drug-likeness (QED) is 0.393. The second kappa shape index (κ2) is 10.5. The fourth-order valence-corrected chi connectivity index (χ4v) is 6.28. The molecule has 0 aromatic heterocycles. The predicted octanol–water partition coefficient (Wildman–Crippen LogP) is 5.78. The van der Waals surface area contributed by atoms with Gasteiger partial charge in [-0.1, -0.05) is 11.6 Å². The smallest absolute Gasteiger partial charge is 0.416 e. The van der Waals surface area contributed by atoms with Gasteiger partial charge in [-0.05, 0) is 79.8 Å². The van der Waals surface area contributed by atoms with Crippen LogP contribution in [0.5, 0.6) is 5.75 Å². The number of nitrogens with zero attached hydrogens (tertiary/aromatic N) is 1. The lowest BCUT2D eigenvalue weighted by Gasteiger charge is -2.33. The third kappa shape index (κ3) is 6.49. The minimum Gasteiger partial charge on any atom is -0.487 e. The highest BCUT2D eigenvalue weighted by atomic mass is 35.5. The topological polar surface area (TPSA) is 75.7 Å². The molecule has 2 aromatic rings. The van der Waals surface area contributed by atoms with Crippen molar-refractivity contribution in [3.05, 3.63) is 63.2 Å². The van der Waals surface area contributed by atoms with E-state index in [0.717, 1.165) is 18.4 Å². The van der Waals surface area contributed by atoms with Crippen LogP contribution >= 0.6 is 11.6 Å². The fourth-order valence-electron chi connectivity index (χ4n) is 4.78. The average molecular weight is 593 g/mol. The average Bonchev–Trinajstić information content (AvgIpc) is 3.74. The van der Waals surface area contributed by atoms with Gasteiger partial charge in [-0.3, -0.25) is 9.69 Å². The summed E-state index contributed by atoms with van der Waals surface area (Å²) in [5, 5.41) is -1.28. The van der Waals surface area contributed by atoms with Gasteiger partial charge in [0.25, 0.3) is 5.91 Å². The van der Waals surface area contributed by atoms with Gasteiger partial charge < -0.3 is 4.74 Å². The zero-order valence-electron chi connectivity index (χ0n) is 20.7. The Balaban J connectivity index is 1.24. The van der Waals surface area contributed by atoms with E-state index in [1.807, 2.05) is 9.62 Å². The molecule has 0 radical (unpaired) electrons. The molecule has 5 rings (SSSR count). The van der Waals surface area contributed by atoms with E-state index < -0.39 is 61.4 Å². The van der Waals surface area contributed by atoms with Crippen LogP contribution in [0.2, 0.25) is 5.02 Å². The number of alkyl halides is 3. The fraction of sp³-hybridized carbons (Fsp3) is 0.500. The third-order valence-corrected chi connectivity index (χ3v) is 9.33. The Hall–Kier alpha value is -2.44. The van der Waals surface area contributed by atoms with Gasteiger partial charge in [-0.25, -0.2) is 21.9 Å². The van der Waals surface area contributed by atoms with Crippen LogP contribution in [0.25, 0.3) is 0 Å². The van der Waals surface area contributed by atoms with Gasteiger partial charge in [0.15, 0.2) is 11.6 Å². The van der Waals surface area contributed by atoms with Crippen LogP contribution in [0, 0.1) is 11.6 Å². The first-order chi connectivity index (χ1) is 18.3. The maximum absolute atomic E-state index is 15.0. The van der Waals surface area contributed by atoms with Crippen LogP contribution in [0.1, 0.15) is 71.5 Å². The van der Waals surface area contributed by atoms with Gasteiger partial charge in [-0.15, -0.1) is 0 Å². The molecule has 2 aliphatic carbocycles. The number of carbonyl (C=O) groups excluding carboxylic acids is 1. The van der Waals surface area contributed by atoms with Crippen LogP contribution in [0.3, 0.4) is 0 Å². The summed E-state index contributed by atoms with van der Waals surface area (Å²) in [6.07, 6.45) is -1.74. The van der Waals surface area contributed by atoms with E-state index in [1.54, 1.807) is 0 Å². The number of sulfonamides is 1. The number of ether oxygens (including phenoxy) is 1. The van der Waals surface area contributed by atoms with Gasteiger partial charge in [0.05, 0.1) is 21.4 Å². The van der Waals surface area contributed by atoms with E-state index >= 15 is 0 Å². The second-order valence-corrected chi connectivity index (χ2v) is 12.7. The van der Waals surface area contributed by atoms with Crippen molar-refractivity contribution >= 4 is 27.5 Å². The van der Waals surface area contributed by atoms with Gasteiger partial charge in [0, 0.05) is 19.6 Å². The lowest BCUT2D eigenvalue weighted by atomic mass is 9.97. The zero-order valence-corrected chi connectivity index (χ0v) is 22.2. The van der Waals surface area contributed by atoms with Crippen molar-refractivity contribution in [2.45, 2.75) is 68.5 Å². The van der Waals surface area contributed by atoms with Crippen molar-refractivity contribution < 1.29 is 39.9 Å². The van der Waals surface area contributed by atoms with E-state index in [0.29, 0.717) is 63.0 Å². The van der Waals surface area contributed by atoms with E-state index in [2.05, 4.69) is 0 Å². The van der Waals surface area contributed by atoms with Crippen LogP contribution < -0.4 is 9.46 Å². The number of hydrogen-bond acceptors (Lipinski definition) is 5. The Bertz CT molecular complexity index is 1390. The molecule has 1 N–H and O–H groups in total. The second-order valence-electron chi connectivity index (χ2n) is 10.3. The predicted molar refractivity (Wildman–Crippen MR) is 133 cm³/mol. The Labute approximate surface area is 227 Å². The molecular weight excluding hydrogens is 567 g/mol. The lowest BCUT2D eigenvalue weighted by Crippen LogP contribution is -2.38. The molecule has 0 atom stereocenters. The van der Waals surface area contributed by atoms with E-state index in [-0.39, 0.29) is 11.5 Å². The summed E-state index contributed by atoms with van der Waals surface area (Å²) < 4.78 is 100. The number of carbonyl (C=O) groups is 1. The molecule has 0 unspecified atom stereocenters. The van der Waals surface area contributed by atoms with Crippen molar-refractivity contribution in [2.24, 2.45) is 0 Å². The Morgan fingerprint density at radius 3 is 2.28 bits per heavy atom. The number of rotatable bonds is 8. The molecule has 39 heavy (non-hydrogen) atoms. The Kier molecular flexibility index (Phi) is 7.58. The normalized spacial score (nSPS) is 19.2.